The molecule has 2 rings (SSSR count). The first-order chi connectivity index (χ1) is 10.5. The van der Waals surface area contributed by atoms with Crippen molar-refractivity contribution in [1.82, 2.24) is 10.6 Å². The summed E-state index contributed by atoms with van der Waals surface area (Å²) in [6.45, 7) is 5.59. The second kappa shape index (κ2) is 7.24. The van der Waals surface area contributed by atoms with E-state index in [9.17, 15) is 13.2 Å². The maximum atomic E-state index is 12.5. The Labute approximate surface area is 132 Å². The lowest BCUT2D eigenvalue weighted by Crippen LogP contribution is -2.50. The number of rotatable bonds is 5. The quantitative estimate of drug-likeness (QED) is 0.862. The molecular weight excluding hydrogens is 300 g/mol. The van der Waals surface area contributed by atoms with E-state index in [2.05, 4.69) is 17.6 Å². The Bertz CT molecular complexity index is 628. The summed E-state index contributed by atoms with van der Waals surface area (Å²) in [4.78, 5) is 12.7. The predicted molar refractivity (Wildman–Crippen MR) is 86.7 cm³/mol. The van der Waals surface area contributed by atoms with E-state index < -0.39 is 9.84 Å². The molecule has 1 aromatic rings. The number of amides is 1. The first-order valence-electron chi connectivity index (χ1n) is 7.79. The van der Waals surface area contributed by atoms with Gasteiger partial charge in [0.25, 0.3) is 5.91 Å². The second-order valence-corrected chi connectivity index (χ2v) is 7.94. The number of sulfone groups is 1. The van der Waals surface area contributed by atoms with Crippen LogP contribution in [0.15, 0.2) is 29.2 Å². The predicted octanol–water partition coefficient (Wildman–Crippen LogP) is 1.60. The van der Waals surface area contributed by atoms with Crippen molar-refractivity contribution < 1.29 is 13.2 Å². The van der Waals surface area contributed by atoms with Crippen molar-refractivity contribution >= 4 is 15.7 Å². The smallest absolute Gasteiger partial charge is 0.252 e. The maximum absolute atomic E-state index is 12.5. The highest BCUT2D eigenvalue weighted by atomic mass is 32.2. The minimum absolute atomic E-state index is 0.0307. The Kier molecular flexibility index (Phi) is 5.58. The van der Waals surface area contributed by atoms with E-state index in [0.717, 1.165) is 19.5 Å². The van der Waals surface area contributed by atoms with Gasteiger partial charge in [-0.2, -0.15) is 0 Å². The van der Waals surface area contributed by atoms with Crippen LogP contribution in [0.1, 0.15) is 37.0 Å². The summed E-state index contributed by atoms with van der Waals surface area (Å²) in [5, 5.41) is 6.23. The standard InChI is InChI=1S/C16H24N2O3S/c1-3-10-22(20,21)15-7-5-4-6-13(15)16(19)18-14-11-17-9-8-12(14)2/h4-7,12,14,17H,3,8-11H2,1-2H3,(H,18,19). The van der Waals surface area contributed by atoms with Gasteiger partial charge in [-0.05, 0) is 37.4 Å². The zero-order valence-electron chi connectivity index (χ0n) is 13.1. The number of carbonyl (C=O) groups is 1. The molecule has 6 heteroatoms. The molecule has 0 spiro atoms. The Morgan fingerprint density at radius 2 is 2.09 bits per heavy atom. The van der Waals surface area contributed by atoms with Crippen LogP contribution in [-0.4, -0.2) is 39.2 Å². The number of carbonyl (C=O) groups excluding carboxylic acids is 1. The molecule has 122 valence electrons. The zero-order chi connectivity index (χ0) is 16.2. The van der Waals surface area contributed by atoms with Crippen molar-refractivity contribution in [1.29, 1.82) is 0 Å². The van der Waals surface area contributed by atoms with E-state index in [1.165, 1.54) is 6.07 Å². The van der Waals surface area contributed by atoms with Crippen LogP contribution in [0.4, 0.5) is 0 Å². The molecule has 0 radical (unpaired) electrons. The molecule has 22 heavy (non-hydrogen) atoms. The molecule has 1 aromatic carbocycles. The molecule has 1 heterocycles. The van der Waals surface area contributed by atoms with Gasteiger partial charge in [0.15, 0.2) is 9.84 Å². The third kappa shape index (κ3) is 3.87. The van der Waals surface area contributed by atoms with Crippen LogP contribution in [0.5, 0.6) is 0 Å². The minimum atomic E-state index is -3.42. The molecule has 5 nitrogen and oxygen atoms in total. The average molecular weight is 324 g/mol. The van der Waals surface area contributed by atoms with Crippen molar-refractivity contribution in [2.45, 2.75) is 37.6 Å². The fraction of sp³-hybridized carbons (Fsp3) is 0.562. The summed E-state index contributed by atoms with van der Waals surface area (Å²) in [5.74, 6) is 0.124. The van der Waals surface area contributed by atoms with Gasteiger partial charge in [-0.25, -0.2) is 8.42 Å². The Balaban J connectivity index is 2.23. The fourth-order valence-corrected chi connectivity index (χ4v) is 4.27. The average Bonchev–Trinajstić information content (AvgIpc) is 2.49. The van der Waals surface area contributed by atoms with Crippen LogP contribution in [0, 0.1) is 5.92 Å². The lowest BCUT2D eigenvalue weighted by atomic mass is 9.94. The Morgan fingerprint density at radius 1 is 1.36 bits per heavy atom. The summed E-state index contributed by atoms with van der Waals surface area (Å²) in [5.41, 5.74) is 0.244. The van der Waals surface area contributed by atoms with Crippen LogP contribution in [0.25, 0.3) is 0 Å². The molecule has 2 unspecified atom stereocenters. The summed E-state index contributed by atoms with van der Waals surface area (Å²) in [6, 6.07) is 6.48. The molecule has 0 saturated carbocycles. The molecule has 1 aliphatic heterocycles. The van der Waals surface area contributed by atoms with E-state index in [4.69, 9.17) is 0 Å². The zero-order valence-corrected chi connectivity index (χ0v) is 13.9. The van der Waals surface area contributed by atoms with Crippen molar-refractivity contribution in [3.63, 3.8) is 0 Å². The van der Waals surface area contributed by atoms with Gasteiger partial charge >= 0.3 is 0 Å². The molecule has 0 bridgehead atoms. The van der Waals surface area contributed by atoms with Crippen LogP contribution < -0.4 is 10.6 Å². The molecule has 2 N–H and O–H groups in total. The monoisotopic (exact) mass is 324 g/mol. The molecule has 2 atom stereocenters. The fourth-order valence-electron chi connectivity index (χ4n) is 2.73. The van der Waals surface area contributed by atoms with Gasteiger partial charge in [0.2, 0.25) is 0 Å². The van der Waals surface area contributed by atoms with Gasteiger partial charge in [-0.1, -0.05) is 26.0 Å². The molecule has 1 saturated heterocycles. The first-order valence-corrected chi connectivity index (χ1v) is 9.44. The highest BCUT2D eigenvalue weighted by molar-refractivity contribution is 7.91. The van der Waals surface area contributed by atoms with Gasteiger partial charge in [0, 0.05) is 12.6 Å². The third-order valence-electron chi connectivity index (χ3n) is 4.08. The highest BCUT2D eigenvalue weighted by Gasteiger charge is 2.26. The van der Waals surface area contributed by atoms with Gasteiger partial charge in [-0.3, -0.25) is 4.79 Å². The number of piperidine rings is 1. The number of nitrogens with one attached hydrogen (secondary N) is 2. The minimum Gasteiger partial charge on any atom is -0.348 e. The number of hydrogen-bond acceptors (Lipinski definition) is 4. The molecule has 1 aliphatic rings. The van der Waals surface area contributed by atoms with Crippen LogP contribution in [0.3, 0.4) is 0 Å². The number of benzene rings is 1. The van der Waals surface area contributed by atoms with Crippen LogP contribution in [0.2, 0.25) is 0 Å². The molecule has 0 aromatic heterocycles. The highest BCUT2D eigenvalue weighted by Crippen LogP contribution is 2.19. The van der Waals surface area contributed by atoms with Crippen molar-refractivity contribution in [2.75, 3.05) is 18.8 Å². The summed E-state index contributed by atoms with van der Waals surface area (Å²) >= 11 is 0. The van der Waals surface area contributed by atoms with E-state index in [1.54, 1.807) is 18.2 Å². The first kappa shape index (κ1) is 17.0. The second-order valence-electron chi connectivity index (χ2n) is 5.87. The van der Waals surface area contributed by atoms with Crippen LogP contribution >= 0.6 is 0 Å². The normalized spacial score (nSPS) is 22.3. The van der Waals surface area contributed by atoms with Gasteiger partial charge < -0.3 is 10.6 Å². The van der Waals surface area contributed by atoms with E-state index >= 15 is 0 Å². The van der Waals surface area contributed by atoms with E-state index in [0.29, 0.717) is 12.3 Å². The summed E-state index contributed by atoms with van der Waals surface area (Å²) in [7, 11) is -3.42. The van der Waals surface area contributed by atoms with Crippen molar-refractivity contribution in [3.05, 3.63) is 29.8 Å². The topological polar surface area (TPSA) is 75.3 Å². The van der Waals surface area contributed by atoms with Gasteiger partial charge in [0.1, 0.15) is 0 Å². The molecule has 0 aliphatic carbocycles. The van der Waals surface area contributed by atoms with E-state index in [1.807, 2.05) is 6.92 Å². The SMILES string of the molecule is CCCS(=O)(=O)c1ccccc1C(=O)NC1CNCCC1C. The Hall–Kier alpha value is -1.40. The summed E-state index contributed by atoms with van der Waals surface area (Å²) in [6.07, 6.45) is 1.53. The van der Waals surface area contributed by atoms with Gasteiger partial charge in [0.05, 0.1) is 16.2 Å². The van der Waals surface area contributed by atoms with Crippen molar-refractivity contribution in [3.8, 4) is 0 Å². The number of hydrogen-bond donors (Lipinski definition) is 2. The third-order valence-corrected chi connectivity index (χ3v) is 6.06. The largest absolute Gasteiger partial charge is 0.348 e. The van der Waals surface area contributed by atoms with Crippen LogP contribution in [-0.2, 0) is 9.84 Å². The lowest BCUT2D eigenvalue weighted by molar-refractivity contribution is 0.0912. The molecular formula is C16H24N2O3S. The molecule has 1 amide bonds. The molecule has 1 fully saturated rings. The Morgan fingerprint density at radius 3 is 2.77 bits per heavy atom. The van der Waals surface area contributed by atoms with Gasteiger partial charge in [-0.15, -0.1) is 0 Å². The van der Waals surface area contributed by atoms with E-state index in [-0.39, 0.29) is 28.2 Å². The maximum Gasteiger partial charge on any atom is 0.252 e. The van der Waals surface area contributed by atoms with Crippen molar-refractivity contribution in [2.24, 2.45) is 5.92 Å². The summed E-state index contributed by atoms with van der Waals surface area (Å²) < 4.78 is 24.6. The lowest BCUT2D eigenvalue weighted by Gasteiger charge is -2.30.